The summed E-state index contributed by atoms with van der Waals surface area (Å²) in [7, 11) is 0.612. The molecule has 0 bridgehead atoms. The van der Waals surface area contributed by atoms with Crippen LogP contribution in [0.3, 0.4) is 0 Å². The van der Waals surface area contributed by atoms with Crippen molar-refractivity contribution in [3.63, 3.8) is 0 Å². The maximum absolute atomic E-state index is 13.3. The number of nitriles is 2. The zero-order chi connectivity index (χ0) is 37.2. The van der Waals surface area contributed by atoms with Crippen LogP contribution in [0.4, 0.5) is 37.7 Å². The Kier molecular flexibility index (Phi) is 10.4. The predicted octanol–water partition coefficient (Wildman–Crippen LogP) is 7.61. The highest BCUT2D eigenvalue weighted by Gasteiger charge is 2.39. The number of benzene rings is 4. The summed E-state index contributed by atoms with van der Waals surface area (Å²) in [5.41, 5.74) is -2.61. The van der Waals surface area contributed by atoms with E-state index in [-0.39, 0.29) is 22.6 Å². The maximum atomic E-state index is 13.3. The summed E-state index contributed by atoms with van der Waals surface area (Å²) < 4.78 is 101. The number of amides is 2. The quantitative estimate of drug-likeness (QED) is 0.196. The molecule has 0 spiro atoms. The molecule has 1 atom stereocenters. The Morgan fingerprint density at radius 3 is 1.71 bits per heavy atom. The molecule has 0 saturated heterocycles. The number of nitrogens with zero attached hydrogens (tertiary/aromatic N) is 4. The molecule has 4 aromatic rings. The van der Waals surface area contributed by atoms with Crippen LogP contribution >= 0.6 is 11.8 Å². The molecule has 262 valence electrons. The molecule has 2 aliphatic heterocycles. The minimum atomic E-state index is -4.81. The van der Waals surface area contributed by atoms with Crippen LogP contribution in [0.15, 0.2) is 82.6 Å². The van der Waals surface area contributed by atoms with Gasteiger partial charge in [0, 0.05) is 16.0 Å². The van der Waals surface area contributed by atoms with E-state index in [0.29, 0.717) is 28.2 Å². The van der Waals surface area contributed by atoms with Crippen molar-refractivity contribution < 1.29 is 49.6 Å². The van der Waals surface area contributed by atoms with Gasteiger partial charge >= 0.3 is 12.4 Å². The molecular formula is C34H22F6N4O5S2. The number of hydrogen-bond donors (Lipinski definition) is 0. The van der Waals surface area contributed by atoms with E-state index >= 15 is 0 Å². The van der Waals surface area contributed by atoms with E-state index < -0.39 is 63.2 Å². The van der Waals surface area contributed by atoms with E-state index in [9.17, 15) is 40.1 Å². The van der Waals surface area contributed by atoms with Crippen molar-refractivity contribution in [1.82, 2.24) is 0 Å². The Hall–Kier alpha value is -5.52. The lowest BCUT2D eigenvalue weighted by atomic mass is 10.0. The highest BCUT2D eigenvalue weighted by Crippen LogP contribution is 2.43. The molecule has 9 nitrogen and oxygen atoms in total. The standard InChI is InChI=1S/C17H11F3N2O3S.C17H11F3N2O2S/c1-25-15-11(8-21)6-10(7-12(15)17(18,19)20)16(23)22-9-26(24)14-5-3-2-4-13(14)22;1-24-15-11(8-21)6-10(7-12(15)17(18,19)20)16(23)22-9-25-14-5-3-2-4-13(14)22/h2-7H,9H2,1H3;2-7H,9H2,1H3. The van der Waals surface area contributed by atoms with Crippen molar-refractivity contribution in [2.45, 2.75) is 22.1 Å². The van der Waals surface area contributed by atoms with Gasteiger partial charge < -0.3 is 9.47 Å². The number of hydrogen-bond acceptors (Lipinski definition) is 8. The van der Waals surface area contributed by atoms with Crippen LogP contribution in [0.1, 0.15) is 43.0 Å². The molecule has 2 heterocycles. The summed E-state index contributed by atoms with van der Waals surface area (Å²) >= 11 is 1.42. The van der Waals surface area contributed by atoms with Gasteiger partial charge in [-0.2, -0.15) is 36.9 Å². The van der Waals surface area contributed by atoms with Gasteiger partial charge in [-0.3, -0.25) is 23.6 Å². The number of ether oxygens (including phenoxy) is 2. The zero-order valence-electron chi connectivity index (χ0n) is 26.3. The number of carbonyl (C=O) groups is 2. The number of fused-ring (bicyclic) bond motifs is 2. The number of anilines is 2. The molecule has 0 fully saturated rings. The number of methoxy groups -OCH3 is 2. The molecule has 17 heteroatoms. The van der Waals surface area contributed by atoms with Crippen molar-refractivity contribution in [3.8, 4) is 23.6 Å². The van der Waals surface area contributed by atoms with Crippen LogP contribution in [0.25, 0.3) is 0 Å². The lowest BCUT2D eigenvalue weighted by Crippen LogP contribution is -2.29. The van der Waals surface area contributed by atoms with Gasteiger partial charge in [0.1, 0.15) is 29.5 Å². The normalized spacial score (nSPS) is 14.7. The minimum Gasteiger partial charge on any atom is -0.495 e. The van der Waals surface area contributed by atoms with Gasteiger partial charge in [-0.1, -0.05) is 24.3 Å². The number of alkyl halides is 6. The molecule has 6 rings (SSSR count). The van der Waals surface area contributed by atoms with E-state index in [1.807, 2.05) is 12.1 Å². The molecular weight excluding hydrogens is 723 g/mol. The van der Waals surface area contributed by atoms with Crippen LogP contribution in [-0.4, -0.2) is 42.0 Å². The van der Waals surface area contributed by atoms with Gasteiger partial charge in [-0.15, -0.1) is 11.8 Å². The first-order valence-electron chi connectivity index (χ1n) is 14.4. The van der Waals surface area contributed by atoms with E-state index in [1.165, 1.54) is 16.7 Å². The molecule has 4 aromatic carbocycles. The number of halogens is 6. The van der Waals surface area contributed by atoms with Crippen LogP contribution in [0.5, 0.6) is 11.5 Å². The summed E-state index contributed by atoms with van der Waals surface area (Å²) in [4.78, 5) is 29.4. The molecule has 0 saturated carbocycles. The second-order valence-corrected chi connectivity index (χ2v) is 13.0. The number of thioether (sulfide) groups is 1. The smallest absolute Gasteiger partial charge is 0.420 e. The van der Waals surface area contributed by atoms with Crippen molar-refractivity contribution in [2.75, 3.05) is 35.8 Å². The van der Waals surface area contributed by atoms with Gasteiger partial charge in [-0.05, 0) is 48.5 Å². The van der Waals surface area contributed by atoms with E-state index in [0.717, 1.165) is 42.2 Å². The first-order chi connectivity index (χ1) is 24.1. The van der Waals surface area contributed by atoms with Crippen molar-refractivity contribution in [1.29, 1.82) is 10.5 Å². The lowest BCUT2D eigenvalue weighted by molar-refractivity contribution is -0.139. The first-order valence-corrected chi connectivity index (χ1v) is 16.7. The number of rotatable bonds is 4. The van der Waals surface area contributed by atoms with Crippen LogP contribution in [-0.2, 0) is 23.2 Å². The van der Waals surface area contributed by atoms with Crippen molar-refractivity contribution in [2.24, 2.45) is 0 Å². The topological polar surface area (TPSA) is 124 Å². The van der Waals surface area contributed by atoms with E-state index in [4.69, 9.17) is 20.0 Å². The minimum absolute atomic E-state index is 0.159. The van der Waals surface area contributed by atoms with Crippen LogP contribution < -0.4 is 19.3 Å². The van der Waals surface area contributed by atoms with Gasteiger partial charge in [0.15, 0.2) is 0 Å². The Balaban J connectivity index is 0.000000198. The second-order valence-electron chi connectivity index (χ2n) is 10.6. The first kappa shape index (κ1) is 36.8. The molecule has 51 heavy (non-hydrogen) atoms. The van der Waals surface area contributed by atoms with Crippen molar-refractivity contribution in [3.05, 3.63) is 106 Å². The van der Waals surface area contributed by atoms with E-state index in [2.05, 4.69) is 0 Å². The highest BCUT2D eigenvalue weighted by molar-refractivity contribution is 8.00. The fourth-order valence-corrected chi connectivity index (χ4v) is 7.61. The molecule has 0 aromatic heterocycles. The maximum Gasteiger partial charge on any atom is 0.420 e. The third kappa shape index (κ3) is 7.21. The molecule has 1 unspecified atom stereocenters. The third-order valence-corrected chi connectivity index (χ3v) is 9.95. The van der Waals surface area contributed by atoms with Crippen molar-refractivity contribution >= 4 is 45.8 Å². The van der Waals surface area contributed by atoms with Crippen LogP contribution in [0.2, 0.25) is 0 Å². The summed E-state index contributed by atoms with van der Waals surface area (Å²) in [6.45, 7) is 0. The Morgan fingerprint density at radius 2 is 1.22 bits per heavy atom. The van der Waals surface area contributed by atoms with Gasteiger partial charge in [0.2, 0.25) is 0 Å². The number of para-hydroxylation sites is 2. The largest absolute Gasteiger partial charge is 0.495 e. The monoisotopic (exact) mass is 744 g/mol. The second kappa shape index (κ2) is 14.4. The Labute approximate surface area is 293 Å². The zero-order valence-corrected chi connectivity index (χ0v) is 27.9. The third-order valence-electron chi connectivity index (χ3n) is 7.57. The average Bonchev–Trinajstić information content (AvgIpc) is 3.70. The van der Waals surface area contributed by atoms with Gasteiger partial charge in [0.05, 0.1) is 69.4 Å². The Morgan fingerprint density at radius 1 is 0.745 bits per heavy atom. The molecule has 0 aliphatic carbocycles. The van der Waals surface area contributed by atoms with E-state index in [1.54, 1.807) is 48.5 Å². The molecule has 0 N–H and O–H groups in total. The van der Waals surface area contributed by atoms with Gasteiger partial charge in [0.25, 0.3) is 11.8 Å². The predicted molar refractivity (Wildman–Crippen MR) is 174 cm³/mol. The van der Waals surface area contributed by atoms with Crippen LogP contribution in [0, 0.1) is 22.7 Å². The summed E-state index contributed by atoms with van der Waals surface area (Å²) in [5.74, 6) is -2.44. The highest BCUT2D eigenvalue weighted by atomic mass is 32.2. The molecule has 2 amide bonds. The Bertz CT molecular complexity index is 2160. The summed E-state index contributed by atoms with van der Waals surface area (Å²) in [5, 5.41) is 18.3. The van der Waals surface area contributed by atoms with Gasteiger partial charge in [-0.25, -0.2) is 0 Å². The summed E-state index contributed by atoms with van der Waals surface area (Å²) in [6.07, 6.45) is -9.55. The number of carbonyl (C=O) groups excluding carboxylic acids is 2. The molecule has 0 radical (unpaired) electrons. The fraction of sp³-hybridized carbons (Fsp3) is 0.176. The lowest BCUT2D eigenvalue weighted by Gasteiger charge is -2.19. The SMILES string of the molecule is COc1c(C#N)cc(C(=O)N2CS(=O)c3ccccc32)cc1C(F)(F)F.COc1c(C#N)cc(C(=O)N2CSc3ccccc32)cc1C(F)(F)F. The fourth-order valence-electron chi connectivity index (χ4n) is 5.31. The average molecular weight is 745 g/mol. The summed E-state index contributed by atoms with van der Waals surface area (Å²) in [6, 6.07) is 20.4. The molecule has 2 aliphatic rings.